The van der Waals surface area contributed by atoms with E-state index in [1.54, 1.807) is 31.2 Å². The zero-order valence-electron chi connectivity index (χ0n) is 8.27. The number of para-hydroxylation sites is 1. The third kappa shape index (κ3) is 5.15. The first kappa shape index (κ1) is 14.2. The van der Waals surface area contributed by atoms with Gasteiger partial charge in [-0.3, -0.25) is 4.57 Å². The topological polar surface area (TPSA) is 61.4 Å². The third-order valence-corrected chi connectivity index (χ3v) is 2.47. The smallest absolute Gasteiger partial charge is 0.762 e. The van der Waals surface area contributed by atoms with Crippen molar-refractivity contribution in [3.05, 3.63) is 30.3 Å². The van der Waals surface area contributed by atoms with Gasteiger partial charge in [0.05, 0.1) is 6.61 Å². The first-order valence-electron chi connectivity index (χ1n) is 3.93. The van der Waals surface area contributed by atoms with Gasteiger partial charge in [-0.05, 0) is 19.1 Å². The Bertz CT molecular complexity index is 307. The molecule has 1 aromatic rings. The SMILES string of the molecule is CCOP(=O)([O-])Nc1ccccc1.[Na+]. The Labute approximate surface area is 106 Å². The van der Waals surface area contributed by atoms with Crippen molar-refractivity contribution in [2.75, 3.05) is 11.7 Å². The molecule has 0 amide bonds. The Balaban J connectivity index is 0.00000169. The monoisotopic (exact) mass is 223 g/mol. The van der Waals surface area contributed by atoms with E-state index in [0.29, 0.717) is 5.69 Å². The Morgan fingerprint density at radius 3 is 2.50 bits per heavy atom. The number of hydrogen-bond donors (Lipinski definition) is 1. The van der Waals surface area contributed by atoms with Crippen LogP contribution in [0.5, 0.6) is 0 Å². The second-order valence-corrected chi connectivity index (χ2v) is 3.87. The first-order chi connectivity index (χ1) is 6.14. The van der Waals surface area contributed by atoms with Crippen molar-refractivity contribution in [1.29, 1.82) is 0 Å². The molecule has 0 heterocycles. The van der Waals surface area contributed by atoms with Crippen LogP contribution < -0.4 is 39.5 Å². The average Bonchev–Trinajstić information content (AvgIpc) is 2.04. The van der Waals surface area contributed by atoms with Crippen LogP contribution in [0.25, 0.3) is 0 Å². The van der Waals surface area contributed by atoms with E-state index in [2.05, 4.69) is 9.61 Å². The van der Waals surface area contributed by atoms with E-state index in [1.807, 2.05) is 6.07 Å². The first-order valence-corrected chi connectivity index (χ1v) is 5.47. The molecule has 0 fully saturated rings. The van der Waals surface area contributed by atoms with Gasteiger partial charge in [-0.1, -0.05) is 18.2 Å². The predicted molar refractivity (Wildman–Crippen MR) is 49.3 cm³/mol. The van der Waals surface area contributed by atoms with Gasteiger partial charge in [0.15, 0.2) is 0 Å². The minimum absolute atomic E-state index is 0. The second kappa shape index (κ2) is 6.62. The quantitative estimate of drug-likeness (QED) is 0.504. The fraction of sp³-hybridized carbons (Fsp3) is 0.250. The van der Waals surface area contributed by atoms with Gasteiger partial charge in [-0.15, -0.1) is 0 Å². The summed E-state index contributed by atoms with van der Waals surface area (Å²) >= 11 is 0. The summed E-state index contributed by atoms with van der Waals surface area (Å²) in [6.07, 6.45) is 0. The van der Waals surface area contributed by atoms with Crippen molar-refractivity contribution in [2.45, 2.75) is 6.92 Å². The molecule has 1 N–H and O–H groups in total. The molecule has 1 aromatic carbocycles. The number of benzene rings is 1. The van der Waals surface area contributed by atoms with Crippen LogP contribution >= 0.6 is 7.75 Å². The van der Waals surface area contributed by atoms with E-state index in [0.717, 1.165) is 0 Å². The molecule has 4 nitrogen and oxygen atoms in total. The van der Waals surface area contributed by atoms with Crippen molar-refractivity contribution in [2.24, 2.45) is 0 Å². The van der Waals surface area contributed by atoms with Gasteiger partial charge in [-0.25, -0.2) is 0 Å². The van der Waals surface area contributed by atoms with Crippen molar-refractivity contribution in [3.63, 3.8) is 0 Å². The molecule has 1 atom stereocenters. The maximum atomic E-state index is 11.1. The average molecular weight is 223 g/mol. The standard InChI is InChI=1S/C8H12NO3P.Na/c1-2-12-13(10,11)9-8-6-4-3-5-7-8;/h3-7H,2H2,1H3,(H2,9,10,11);/q;+1/p-1. The van der Waals surface area contributed by atoms with Gasteiger partial charge in [-0.2, -0.15) is 0 Å². The van der Waals surface area contributed by atoms with Crippen LogP contribution in [0.3, 0.4) is 0 Å². The zero-order chi connectivity index (χ0) is 9.73. The molecule has 0 radical (unpaired) electrons. The number of nitrogens with one attached hydrogen (secondary N) is 1. The summed E-state index contributed by atoms with van der Waals surface area (Å²) in [6, 6.07) is 8.61. The van der Waals surface area contributed by atoms with E-state index >= 15 is 0 Å². The summed E-state index contributed by atoms with van der Waals surface area (Å²) < 4.78 is 15.6. The molecule has 1 rings (SSSR count). The molecule has 6 heteroatoms. The van der Waals surface area contributed by atoms with Crippen molar-refractivity contribution in [1.82, 2.24) is 0 Å². The maximum Gasteiger partial charge on any atom is 1.00 e. The molecular formula is C8H11NNaO3P. The summed E-state index contributed by atoms with van der Waals surface area (Å²) in [5, 5.41) is 2.30. The summed E-state index contributed by atoms with van der Waals surface area (Å²) in [5.74, 6) is 0. The molecule has 0 spiro atoms. The second-order valence-electron chi connectivity index (χ2n) is 2.39. The van der Waals surface area contributed by atoms with Gasteiger partial charge in [0, 0.05) is 5.69 Å². The van der Waals surface area contributed by atoms with E-state index in [-0.39, 0.29) is 36.2 Å². The van der Waals surface area contributed by atoms with Crippen LogP contribution in [0.4, 0.5) is 5.69 Å². The van der Waals surface area contributed by atoms with Gasteiger partial charge >= 0.3 is 29.6 Å². The van der Waals surface area contributed by atoms with Crippen LogP contribution in [0, 0.1) is 0 Å². The fourth-order valence-corrected chi connectivity index (χ4v) is 1.74. The molecule has 14 heavy (non-hydrogen) atoms. The van der Waals surface area contributed by atoms with E-state index in [9.17, 15) is 9.46 Å². The van der Waals surface area contributed by atoms with Crippen LogP contribution in [0.1, 0.15) is 6.92 Å². The predicted octanol–water partition coefficient (Wildman–Crippen LogP) is -1.39. The summed E-state index contributed by atoms with van der Waals surface area (Å²) in [7, 11) is -3.91. The molecule has 0 aliphatic rings. The maximum absolute atomic E-state index is 11.1. The molecule has 1 unspecified atom stereocenters. The van der Waals surface area contributed by atoms with Gasteiger partial charge in [0.1, 0.15) is 0 Å². The Hall–Kier alpha value is 0.170. The number of hydrogen-bond acceptors (Lipinski definition) is 3. The number of rotatable bonds is 4. The summed E-state index contributed by atoms with van der Waals surface area (Å²) in [5.41, 5.74) is 0.509. The van der Waals surface area contributed by atoms with E-state index in [1.165, 1.54) is 0 Å². The summed E-state index contributed by atoms with van der Waals surface area (Å²) in [6.45, 7) is 1.76. The van der Waals surface area contributed by atoms with Crippen LogP contribution in [-0.2, 0) is 9.09 Å². The minimum Gasteiger partial charge on any atom is -0.762 e. The van der Waals surface area contributed by atoms with E-state index in [4.69, 9.17) is 0 Å². The molecular weight excluding hydrogens is 212 g/mol. The molecule has 0 bridgehead atoms. The zero-order valence-corrected chi connectivity index (χ0v) is 11.2. The minimum atomic E-state index is -3.91. The van der Waals surface area contributed by atoms with Crippen molar-refractivity contribution >= 4 is 13.4 Å². The van der Waals surface area contributed by atoms with Crippen LogP contribution in [0.2, 0.25) is 0 Å². The van der Waals surface area contributed by atoms with Gasteiger partial charge in [0.25, 0.3) is 0 Å². The summed E-state index contributed by atoms with van der Waals surface area (Å²) in [4.78, 5) is 11.1. The van der Waals surface area contributed by atoms with Crippen molar-refractivity contribution in [3.8, 4) is 0 Å². The van der Waals surface area contributed by atoms with Gasteiger partial charge in [0.2, 0.25) is 7.75 Å². The van der Waals surface area contributed by atoms with Crippen molar-refractivity contribution < 1.29 is 43.5 Å². The Kier molecular flexibility index (Phi) is 6.70. The molecule has 72 valence electrons. The van der Waals surface area contributed by atoms with Crippen LogP contribution in [-0.4, -0.2) is 6.61 Å². The molecule has 0 aliphatic carbocycles. The van der Waals surface area contributed by atoms with Crippen LogP contribution in [0.15, 0.2) is 30.3 Å². The van der Waals surface area contributed by atoms with E-state index < -0.39 is 7.75 Å². The Morgan fingerprint density at radius 1 is 1.43 bits per heavy atom. The number of anilines is 1. The fourth-order valence-electron chi connectivity index (χ4n) is 0.873. The largest absolute Gasteiger partial charge is 1.00 e. The molecule has 0 saturated carbocycles. The third-order valence-electron chi connectivity index (χ3n) is 1.34. The normalized spacial score (nSPS) is 13.9. The molecule has 0 saturated heterocycles. The Morgan fingerprint density at radius 2 is 2.00 bits per heavy atom. The molecule has 0 aliphatic heterocycles. The van der Waals surface area contributed by atoms with Gasteiger partial charge < -0.3 is 14.5 Å². The molecule has 0 aromatic heterocycles.